The van der Waals surface area contributed by atoms with Crippen molar-refractivity contribution in [3.63, 3.8) is 0 Å². The third kappa shape index (κ3) is 5.01. The van der Waals surface area contributed by atoms with Crippen LogP contribution in [0.15, 0.2) is 0 Å². The maximum Gasteiger partial charge on any atom is 0.315 e. The Kier molecular flexibility index (Phi) is 5.95. The molecule has 0 aromatic heterocycles. The van der Waals surface area contributed by atoms with Crippen LogP contribution in [0.2, 0.25) is 0 Å². The Labute approximate surface area is 116 Å². The first kappa shape index (κ1) is 14.6. The van der Waals surface area contributed by atoms with Crippen LogP contribution in [0.4, 0.5) is 4.79 Å². The van der Waals surface area contributed by atoms with Crippen molar-refractivity contribution in [1.29, 1.82) is 0 Å². The minimum absolute atomic E-state index is 0.0198. The molecule has 1 saturated heterocycles. The van der Waals surface area contributed by atoms with E-state index in [1.165, 1.54) is 32.1 Å². The van der Waals surface area contributed by atoms with E-state index in [4.69, 9.17) is 4.74 Å². The number of rotatable bonds is 3. The average molecular weight is 268 g/mol. The highest BCUT2D eigenvalue weighted by Gasteiger charge is 2.24. The summed E-state index contributed by atoms with van der Waals surface area (Å²) in [5, 5.41) is 6.17. The molecule has 1 aliphatic heterocycles. The predicted molar refractivity (Wildman–Crippen MR) is 76.2 cm³/mol. The van der Waals surface area contributed by atoms with Crippen LogP contribution >= 0.6 is 0 Å². The molecule has 2 N–H and O–H groups in total. The van der Waals surface area contributed by atoms with Gasteiger partial charge in [0.1, 0.15) is 0 Å². The molecule has 110 valence electrons. The van der Waals surface area contributed by atoms with Crippen LogP contribution in [-0.2, 0) is 4.74 Å². The van der Waals surface area contributed by atoms with Gasteiger partial charge in [-0.15, -0.1) is 0 Å². The van der Waals surface area contributed by atoms with Gasteiger partial charge in [-0.05, 0) is 32.6 Å². The largest absolute Gasteiger partial charge is 0.376 e. The number of ether oxygens (including phenoxy) is 1. The summed E-state index contributed by atoms with van der Waals surface area (Å²) in [5.74, 6) is 0. The molecule has 1 saturated carbocycles. The average Bonchev–Trinajstić information content (AvgIpc) is 2.86. The number of nitrogens with one attached hydrogen (secondary N) is 2. The van der Waals surface area contributed by atoms with Gasteiger partial charge in [-0.3, -0.25) is 0 Å². The molecule has 2 unspecified atom stereocenters. The van der Waals surface area contributed by atoms with Crippen molar-refractivity contribution in [2.75, 3.05) is 6.61 Å². The zero-order valence-electron chi connectivity index (χ0n) is 12.1. The molecule has 19 heavy (non-hydrogen) atoms. The number of carbonyl (C=O) groups excluding carboxylic acids is 1. The maximum atomic E-state index is 12.0. The zero-order chi connectivity index (χ0) is 13.5. The summed E-state index contributed by atoms with van der Waals surface area (Å²) < 4.78 is 5.60. The van der Waals surface area contributed by atoms with Crippen LogP contribution in [0.3, 0.4) is 0 Å². The van der Waals surface area contributed by atoms with Gasteiger partial charge in [0, 0.05) is 12.6 Å². The topological polar surface area (TPSA) is 50.4 Å². The first-order chi connectivity index (χ1) is 9.25. The molecule has 0 spiro atoms. The van der Waals surface area contributed by atoms with Crippen molar-refractivity contribution in [3.05, 3.63) is 0 Å². The monoisotopic (exact) mass is 268 g/mol. The van der Waals surface area contributed by atoms with E-state index >= 15 is 0 Å². The zero-order valence-corrected chi connectivity index (χ0v) is 12.1. The van der Waals surface area contributed by atoms with E-state index in [0.29, 0.717) is 6.04 Å². The molecule has 1 aliphatic carbocycles. The number of hydrogen-bond acceptors (Lipinski definition) is 2. The fourth-order valence-corrected chi connectivity index (χ4v) is 3.12. The van der Waals surface area contributed by atoms with Gasteiger partial charge in [-0.1, -0.05) is 32.1 Å². The number of urea groups is 1. The maximum absolute atomic E-state index is 12.0. The summed E-state index contributed by atoms with van der Waals surface area (Å²) in [6.07, 6.45) is 11.1. The molecular formula is C15H28N2O2. The molecule has 0 aromatic carbocycles. The third-order valence-corrected chi connectivity index (χ3v) is 4.32. The van der Waals surface area contributed by atoms with Crippen LogP contribution in [0.5, 0.6) is 0 Å². The molecule has 0 bridgehead atoms. The van der Waals surface area contributed by atoms with Crippen molar-refractivity contribution < 1.29 is 9.53 Å². The Hall–Kier alpha value is -0.770. The molecule has 2 amide bonds. The second-order valence-electron chi connectivity index (χ2n) is 6.00. The van der Waals surface area contributed by atoms with E-state index in [0.717, 1.165) is 32.3 Å². The molecule has 4 nitrogen and oxygen atoms in total. The van der Waals surface area contributed by atoms with Crippen LogP contribution in [0, 0.1) is 0 Å². The SMILES string of the molecule is CC(NC(=O)NC1CCCCCCC1)C1CCCO1. The van der Waals surface area contributed by atoms with E-state index < -0.39 is 0 Å². The molecule has 2 rings (SSSR count). The molecular weight excluding hydrogens is 240 g/mol. The minimum atomic E-state index is -0.0198. The van der Waals surface area contributed by atoms with E-state index in [9.17, 15) is 4.79 Å². The summed E-state index contributed by atoms with van der Waals surface area (Å²) in [5.41, 5.74) is 0. The van der Waals surface area contributed by atoms with E-state index in [-0.39, 0.29) is 18.2 Å². The van der Waals surface area contributed by atoms with Gasteiger partial charge in [0.2, 0.25) is 0 Å². The Morgan fingerprint density at radius 1 is 1.05 bits per heavy atom. The third-order valence-electron chi connectivity index (χ3n) is 4.32. The van der Waals surface area contributed by atoms with Crippen molar-refractivity contribution in [2.24, 2.45) is 0 Å². The predicted octanol–water partition coefficient (Wildman–Crippen LogP) is 2.97. The van der Waals surface area contributed by atoms with E-state index in [1.54, 1.807) is 0 Å². The molecule has 1 heterocycles. The van der Waals surface area contributed by atoms with Crippen LogP contribution < -0.4 is 10.6 Å². The smallest absolute Gasteiger partial charge is 0.315 e. The lowest BCUT2D eigenvalue weighted by Crippen LogP contribution is -2.49. The Balaban J connectivity index is 1.69. The summed E-state index contributed by atoms with van der Waals surface area (Å²) in [6, 6.07) is 0.446. The lowest BCUT2D eigenvalue weighted by Gasteiger charge is -2.24. The fourth-order valence-electron chi connectivity index (χ4n) is 3.12. The Bertz CT molecular complexity index is 269. The van der Waals surface area contributed by atoms with Crippen molar-refractivity contribution in [1.82, 2.24) is 10.6 Å². The second-order valence-corrected chi connectivity index (χ2v) is 6.00. The van der Waals surface area contributed by atoms with Crippen molar-refractivity contribution >= 4 is 6.03 Å². The van der Waals surface area contributed by atoms with Gasteiger partial charge in [-0.2, -0.15) is 0 Å². The lowest BCUT2D eigenvalue weighted by molar-refractivity contribution is 0.0858. The van der Waals surface area contributed by atoms with Crippen molar-refractivity contribution in [2.45, 2.75) is 82.9 Å². The second kappa shape index (κ2) is 7.73. The minimum Gasteiger partial charge on any atom is -0.376 e. The Morgan fingerprint density at radius 3 is 2.37 bits per heavy atom. The summed E-state index contributed by atoms with van der Waals surface area (Å²) in [7, 11) is 0. The number of amides is 2. The highest BCUT2D eigenvalue weighted by atomic mass is 16.5. The summed E-state index contributed by atoms with van der Waals surface area (Å²) in [4.78, 5) is 12.0. The molecule has 2 atom stereocenters. The van der Waals surface area contributed by atoms with Gasteiger partial charge in [0.05, 0.1) is 12.1 Å². The first-order valence-electron chi connectivity index (χ1n) is 7.94. The normalized spacial score (nSPS) is 27.3. The first-order valence-corrected chi connectivity index (χ1v) is 7.94. The standard InChI is InChI=1S/C15H28N2O2/c1-12(14-10-7-11-19-14)16-15(18)17-13-8-5-3-2-4-6-9-13/h12-14H,2-11H2,1H3,(H2,16,17,18). The van der Waals surface area contributed by atoms with E-state index in [2.05, 4.69) is 10.6 Å². The van der Waals surface area contributed by atoms with Gasteiger partial charge >= 0.3 is 6.03 Å². The molecule has 0 aromatic rings. The summed E-state index contributed by atoms with van der Waals surface area (Å²) >= 11 is 0. The van der Waals surface area contributed by atoms with Crippen LogP contribution in [0.1, 0.15) is 64.7 Å². The Morgan fingerprint density at radius 2 is 1.74 bits per heavy atom. The molecule has 2 aliphatic rings. The highest BCUT2D eigenvalue weighted by Crippen LogP contribution is 2.17. The van der Waals surface area contributed by atoms with Crippen molar-refractivity contribution in [3.8, 4) is 0 Å². The lowest BCUT2D eigenvalue weighted by atomic mass is 9.97. The van der Waals surface area contributed by atoms with E-state index in [1.807, 2.05) is 6.92 Å². The van der Waals surface area contributed by atoms with Crippen LogP contribution in [-0.4, -0.2) is 30.8 Å². The van der Waals surface area contributed by atoms with Gasteiger partial charge < -0.3 is 15.4 Å². The molecule has 2 fully saturated rings. The molecule has 0 radical (unpaired) electrons. The fraction of sp³-hybridized carbons (Fsp3) is 0.933. The van der Waals surface area contributed by atoms with Gasteiger partial charge in [-0.25, -0.2) is 4.79 Å². The number of carbonyl (C=O) groups is 1. The quantitative estimate of drug-likeness (QED) is 0.826. The van der Waals surface area contributed by atoms with Gasteiger partial charge in [0.15, 0.2) is 0 Å². The van der Waals surface area contributed by atoms with Crippen LogP contribution in [0.25, 0.3) is 0 Å². The highest BCUT2D eigenvalue weighted by molar-refractivity contribution is 5.74. The number of hydrogen-bond donors (Lipinski definition) is 2. The molecule has 4 heteroatoms. The van der Waals surface area contributed by atoms with Gasteiger partial charge in [0.25, 0.3) is 0 Å². The summed E-state index contributed by atoms with van der Waals surface area (Å²) in [6.45, 7) is 2.87.